The number of rotatable bonds is 4. The smallest absolute Gasteiger partial charge is 0.188 e. The lowest BCUT2D eigenvalue weighted by molar-refractivity contribution is 0.129. The maximum atomic E-state index is 5.58. The summed E-state index contributed by atoms with van der Waals surface area (Å²) in [4.78, 5) is 8.77. The highest BCUT2D eigenvalue weighted by atomic mass is 32.2. The van der Waals surface area contributed by atoms with E-state index in [1.54, 1.807) is 11.8 Å². The molecule has 4 nitrogen and oxygen atoms in total. The van der Waals surface area contributed by atoms with Gasteiger partial charge in [0.25, 0.3) is 0 Å². The van der Waals surface area contributed by atoms with Crippen LogP contribution in [0.4, 0.5) is 0 Å². The zero-order valence-electron chi connectivity index (χ0n) is 9.48. The summed E-state index contributed by atoms with van der Waals surface area (Å²) in [5.41, 5.74) is 7.46. The molecule has 16 heavy (non-hydrogen) atoms. The third-order valence-corrected chi connectivity index (χ3v) is 3.50. The molecule has 1 aliphatic heterocycles. The summed E-state index contributed by atoms with van der Waals surface area (Å²) in [5, 5.41) is 0.816. The monoisotopic (exact) mass is 239 g/mol. The van der Waals surface area contributed by atoms with Gasteiger partial charge in [0, 0.05) is 24.6 Å². The molecule has 2 N–H and O–H groups in total. The van der Waals surface area contributed by atoms with Gasteiger partial charge < -0.3 is 10.5 Å². The molecular formula is C11H17N3OS. The van der Waals surface area contributed by atoms with Crippen LogP contribution in [0, 0.1) is 6.92 Å². The molecule has 5 heteroatoms. The fourth-order valence-electron chi connectivity index (χ4n) is 1.72. The molecule has 1 aromatic heterocycles. The molecule has 0 bridgehead atoms. The van der Waals surface area contributed by atoms with Gasteiger partial charge >= 0.3 is 0 Å². The van der Waals surface area contributed by atoms with Crippen molar-refractivity contribution in [3.8, 4) is 0 Å². The number of aromatic nitrogens is 2. The molecule has 88 valence electrons. The lowest BCUT2D eigenvalue weighted by Crippen LogP contribution is -2.09. The third-order valence-electron chi connectivity index (χ3n) is 2.52. The van der Waals surface area contributed by atoms with E-state index in [1.807, 2.05) is 13.0 Å². The Bertz CT molecular complexity index is 353. The molecule has 0 aromatic carbocycles. The summed E-state index contributed by atoms with van der Waals surface area (Å²) in [5.74, 6) is 0.938. The largest absolute Gasteiger partial charge is 0.377 e. The Morgan fingerprint density at radius 1 is 1.56 bits per heavy atom. The van der Waals surface area contributed by atoms with Crippen LogP contribution in [0.5, 0.6) is 0 Å². The SMILES string of the molecule is Cc1cc(CN)nc(SCC2CCCO2)n1. The van der Waals surface area contributed by atoms with E-state index in [9.17, 15) is 0 Å². The van der Waals surface area contributed by atoms with Gasteiger partial charge in [0.2, 0.25) is 0 Å². The van der Waals surface area contributed by atoms with Crippen LogP contribution in [-0.4, -0.2) is 28.4 Å². The topological polar surface area (TPSA) is 61.0 Å². The molecule has 1 aromatic rings. The number of hydrogen-bond acceptors (Lipinski definition) is 5. The zero-order valence-corrected chi connectivity index (χ0v) is 10.3. The van der Waals surface area contributed by atoms with Gasteiger partial charge in [-0.15, -0.1) is 0 Å². The Morgan fingerprint density at radius 3 is 3.12 bits per heavy atom. The van der Waals surface area contributed by atoms with Crippen molar-refractivity contribution < 1.29 is 4.74 Å². The van der Waals surface area contributed by atoms with Gasteiger partial charge in [0.15, 0.2) is 5.16 Å². The molecule has 0 amide bonds. The second-order valence-corrected chi connectivity index (χ2v) is 4.92. The lowest BCUT2D eigenvalue weighted by atomic mass is 10.3. The van der Waals surface area contributed by atoms with Crippen LogP contribution >= 0.6 is 11.8 Å². The van der Waals surface area contributed by atoms with Crippen molar-refractivity contribution >= 4 is 11.8 Å². The number of thioether (sulfide) groups is 1. The maximum Gasteiger partial charge on any atom is 0.188 e. The minimum atomic E-state index is 0.371. The van der Waals surface area contributed by atoms with Crippen molar-refractivity contribution in [1.82, 2.24) is 9.97 Å². The molecule has 2 rings (SSSR count). The summed E-state index contributed by atoms with van der Waals surface area (Å²) in [6, 6.07) is 1.93. The van der Waals surface area contributed by atoms with Crippen LogP contribution in [0.25, 0.3) is 0 Å². The van der Waals surface area contributed by atoms with Gasteiger partial charge in [0.05, 0.1) is 11.8 Å². The molecule has 2 heterocycles. The van der Waals surface area contributed by atoms with Crippen LogP contribution in [0.15, 0.2) is 11.2 Å². The lowest BCUT2D eigenvalue weighted by Gasteiger charge is -2.08. The number of hydrogen-bond donors (Lipinski definition) is 1. The predicted molar refractivity (Wildman–Crippen MR) is 64.4 cm³/mol. The molecule has 0 saturated carbocycles. The van der Waals surface area contributed by atoms with Crippen LogP contribution in [0.1, 0.15) is 24.2 Å². The molecule has 0 aliphatic carbocycles. The summed E-state index contributed by atoms with van der Waals surface area (Å²) in [6.45, 7) is 3.34. The highest BCUT2D eigenvalue weighted by molar-refractivity contribution is 7.99. The summed E-state index contributed by atoms with van der Waals surface area (Å²) in [7, 11) is 0. The Labute approximate surface area is 100.0 Å². The first-order valence-electron chi connectivity index (χ1n) is 5.57. The first kappa shape index (κ1) is 11.8. The average molecular weight is 239 g/mol. The van der Waals surface area contributed by atoms with E-state index in [-0.39, 0.29) is 0 Å². The molecular weight excluding hydrogens is 222 g/mol. The quantitative estimate of drug-likeness (QED) is 0.637. The van der Waals surface area contributed by atoms with Gasteiger partial charge in [-0.05, 0) is 25.8 Å². The van der Waals surface area contributed by atoms with E-state index in [1.165, 1.54) is 6.42 Å². The van der Waals surface area contributed by atoms with Crippen molar-refractivity contribution in [2.24, 2.45) is 5.73 Å². The van der Waals surface area contributed by atoms with Crippen LogP contribution in [0.3, 0.4) is 0 Å². The van der Waals surface area contributed by atoms with Gasteiger partial charge in [-0.2, -0.15) is 0 Å². The summed E-state index contributed by atoms with van der Waals surface area (Å²) < 4.78 is 5.56. The van der Waals surface area contributed by atoms with Crippen molar-refractivity contribution in [1.29, 1.82) is 0 Å². The van der Waals surface area contributed by atoms with E-state index in [4.69, 9.17) is 10.5 Å². The predicted octanol–water partition coefficient (Wildman–Crippen LogP) is 1.51. The minimum absolute atomic E-state index is 0.371. The average Bonchev–Trinajstić information content (AvgIpc) is 2.78. The first-order chi connectivity index (χ1) is 7.78. The Balaban J connectivity index is 1.94. The standard InChI is InChI=1S/C11H17N3OS/c1-8-5-9(6-12)14-11(13-8)16-7-10-3-2-4-15-10/h5,10H,2-4,6-7,12H2,1H3. The van der Waals surface area contributed by atoms with E-state index in [0.717, 1.165) is 35.3 Å². The van der Waals surface area contributed by atoms with E-state index >= 15 is 0 Å². The number of ether oxygens (including phenoxy) is 1. The molecule has 1 atom stereocenters. The Hall–Kier alpha value is -0.650. The Kier molecular flexibility index (Phi) is 4.15. The van der Waals surface area contributed by atoms with Crippen molar-refractivity contribution in [2.45, 2.75) is 37.6 Å². The highest BCUT2D eigenvalue weighted by Crippen LogP contribution is 2.21. The molecule has 0 radical (unpaired) electrons. The van der Waals surface area contributed by atoms with Crippen molar-refractivity contribution in [3.63, 3.8) is 0 Å². The van der Waals surface area contributed by atoms with Crippen LogP contribution in [0.2, 0.25) is 0 Å². The molecule has 1 aliphatic rings. The van der Waals surface area contributed by atoms with Gasteiger partial charge in [-0.1, -0.05) is 11.8 Å². The molecule has 0 spiro atoms. The highest BCUT2D eigenvalue weighted by Gasteiger charge is 2.16. The number of nitrogens with two attached hydrogens (primary N) is 1. The fourth-order valence-corrected chi connectivity index (χ4v) is 2.70. The van der Waals surface area contributed by atoms with Gasteiger partial charge in [0.1, 0.15) is 0 Å². The normalized spacial score (nSPS) is 20.2. The number of aryl methyl sites for hydroxylation is 1. The zero-order chi connectivity index (χ0) is 11.4. The Morgan fingerprint density at radius 2 is 2.44 bits per heavy atom. The van der Waals surface area contributed by atoms with E-state index in [2.05, 4.69) is 9.97 Å². The van der Waals surface area contributed by atoms with Crippen LogP contribution in [-0.2, 0) is 11.3 Å². The second-order valence-electron chi connectivity index (χ2n) is 3.93. The third kappa shape index (κ3) is 3.17. The summed E-state index contributed by atoms with van der Waals surface area (Å²) in [6.07, 6.45) is 2.70. The minimum Gasteiger partial charge on any atom is -0.377 e. The van der Waals surface area contributed by atoms with Gasteiger partial charge in [-0.25, -0.2) is 9.97 Å². The van der Waals surface area contributed by atoms with Gasteiger partial charge in [-0.3, -0.25) is 0 Å². The first-order valence-corrected chi connectivity index (χ1v) is 6.55. The van der Waals surface area contributed by atoms with Crippen LogP contribution < -0.4 is 5.73 Å². The second kappa shape index (κ2) is 5.61. The molecule has 1 unspecified atom stereocenters. The molecule has 1 saturated heterocycles. The van der Waals surface area contributed by atoms with Crippen molar-refractivity contribution in [3.05, 3.63) is 17.5 Å². The summed E-state index contributed by atoms with van der Waals surface area (Å²) >= 11 is 1.66. The van der Waals surface area contributed by atoms with E-state index < -0.39 is 0 Å². The fraction of sp³-hybridized carbons (Fsp3) is 0.636. The molecule has 1 fully saturated rings. The van der Waals surface area contributed by atoms with Crippen molar-refractivity contribution in [2.75, 3.05) is 12.4 Å². The van der Waals surface area contributed by atoms with E-state index in [0.29, 0.717) is 12.6 Å². The number of nitrogens with zero attached hydrogens (tertiary/aromatic N) is 2. The maximum absolute atomic E-state index is 5.58.